The summed E-state index contributed by atoms with van der Waals surface area (Å²) in [6, 6.07) is 0. The van der Waals surface area contributed by atoms with Crippen LogP contribution in [0.25, 0.3) is 0 Å². The summed E-state index contributed by atoms with van der Waals surface area (Å²) in [5, 5.41) is 6.84. The highest BCUT2D eigenvalue weighted by molar-refractivity contribution is 7.98. The van der Waals surface area contributed by atoms with Gasteiger partial charge in [0.2, 0.25) is 0 Å². The van der Waals surface area contributed by atoms with Gasteiger partial charge in [0.1, 0.15) is 10.9 Å². The number of rotatable bonds is 6. The fraction of sp³-hybridized carbons (Fsp3) is 0.500. The van der Waals surface area contributed by atoms with Crippen LogP contribution in [-0.2, 0) is 6.42 Å². The van der Waals surface area contributed by atoms with Gasteiger partial charge in [-0.2, -0.15) is 0 Å². The Hall–Kier alpha value is -1.47. The number of thioether (sulfide) groups is 1. The van der Waals surface area contributed by atoms with Crippen LogP contribution in [0.3, 0.4) is 0 Å². The summed E-state index contributed by atoms with van der Waals surface area (Å²) in [5.74, 6) is 1.28. The van der Waals surface area contributed by atoms with Gasteiger partial charge in [-0.25, -0.2) is 15.0 Å². The van der Waals surface area contributed by atoms with Crippen molar-refractivity contribution in [2.24, 2.45) is 0 Å². The molecule has 2 heterocycles. The number of carbonyl (C=O) groups is 1. The zero-order valence-electron chi connectivity index (χ0n) is 13.5. The maximum atomic E-state index is 12.5. The van der Waals surface area contributed by atoms with Crippen molar-refractivity contribution in [2.45, 2.75) is 44.1 Å². The van der Waals surface area contributed by atoms with Crippen molar-refractivity contribution in [1.82, 2.24) is 20.3 Å². The van der Waals surface area contributed by atoms with E-state index in [0.717, 1.165) is 46.5 Å². The molecule has 1 aliphatic rings. The average molecular weight is 348 g/mol. The number of hydrogen-bond acceptors (Lipinski definition) is 6. The Morgan fingerprint density at radius 2 is 2.13 bits per heavy atom. The first-order chi connectivity index (χ1) is 11.1. The summed E-state index contributed by atoms with van der Waals surface area (Å²) in [7, 11) is 0. The molecule has 0 atom stereocenters. The predicted octanol–water partition coefficient (Wildman–Crippen LogP) is 3.12. The third-order valence-corrected chi connectivity index (χ3v) is 5.27. The van der Waals surface area contributed by atoms with Crippen LogP contribution in [0.1, 0.15) is 51.3 Å². The lowest BCUT2D eigenvalue weighted by Crippen LogP contribution is -2.28. The van der Waals surface area contributed by atoms with E-state index in [9.17, 15) is 4.79 Å². The SMILES string of the molecule is CSc1nc(C2CC2)nc(C)c1C(=O)NCCc1csc(C)n1. The van der Waals surface area contributed by atoms with Crippen molar-refractivity contribution < 1.29 is 4.79 Å². The van der Waals surface area contributed by atoms with Gasteiger partial charge in [-0.05, 0) is 32.9 Å². The molecule has 23 heavy (non-hydrogen) atoms. The summed E-state index contributed by atoms with van der Waals surface area (Å²) in [5.41, 5.74) is 2.40. The first-order valence-corrected chi connectivity index (χ1v) is 9.80. The molecule has 0 aromatic carbocycles. The van der Waals surface area contributed by atoms with Gasteiger partial charge in [-0.1, -0.05) is 0 Å². The Labute approximate surface area is 144 Å². The van der Waals surface area contributed by atoms with Crippen LogP contribution in [0, 0.1) is 13.8 Å². The monoisotopic (exact) mass is 348 g/mol. The lowest BCUT2D eigenvalue weighted by Gasteiger charge is -2.11. The lowest BCUT2D eigenvalue weighted by atomic mass is 10.2. The highest BCUT2D eigenvalue weighted by Gasteiger charge is 2.29. The van der Waals surface area contributed by atoms with Crippen LogP contribution in [0.4, 0.5) is 0 Å². The largest absolute Gasteiger partial charge is 0.352 e. The van der Waals surface area contributed by atoms with Gasteiger partial charge < -0.3 is 5.32 Å². The van der Waals surface area contributed by atoms with E-state index < -0.39 is 0 Å². The van der Waals surface area contributed by atoms with E-state index in [1.165, 1.54) is 11.8 Å². The van der Waals surface area contributed by atoms with E-state index in [-0.39, 0.29) is 5.91 Å². The van der Waals surface area contributed by atoms with Crippen LogP contribution < -0.4 is 5.32 Å². The van der Waals surface area contributed by atoms with Crippen molar-refractivity contribution >= 4 is 29.0 Å². The number of nitrogens with one attached hydrogen (secondary N) is 1. The Balaban J connectivity index is 1.68. The molecule has 122 valence electrons. The van der Waals surface area contributed by atoms with E-state index in [4.69, 9.17) is 0 Å². The molecule has 3 rings (SSSR count). The number of amides is 1. The molecule has 0 aliphatic heterocycles. The van der Waals surface area contributed by atoms with Crippen LogP contribution in [0.15, 0.2) is 10.4 Å². The van der Waals surface area contributed by atoms with Crippen molar-refractivity contribution in [1.29, 1.82) is 0 Å². The minimum Gasteiger partial charge on any atom is -0.352 e. The molecular weight excluding hydrogens is 328 g/mol. The molecule has 7 heteroatoms. The van der Waals surface area contributed by atoms with Gasteiger partial charge in [0.15, 0.2) is 0 Å². The predicted molar refractivity (Wildman–Crippen MR) is 93.4 cm³/mol. The van der Waals surface area contributed by atoms with Crippen LogP contribution >= 0.6 is 23.1 Å². The smallest absolute Gasteiger partial charge is 0.255 e. The van der Waals surface area contributed by atoms with Gasteiger partial charge >= 0.3 is 0 Å². The molecule has 0 radical (unpaired) electrons. The molecule has 2 aromatic rings. The fourth-order valence-electron chi connectivity index (χ4n) is 2.42. The standard InChI is InChI=1S/C16H20N4OS2/c1-9-13(16(22-3)20-14(18-9)11-4-5-11)15(21)17-7-6-12-8-23-10(2)19-12/h8,11H,4-7H2,1-3H3,(H,17,21). The summed E-state index contributed by atoms with van der Waals surface area (Å²) in [6.45, 7) is 4.45. The molecule has 2 aromatic heterocycles. The van der Waals surface area contributed by atoms with Gasteiger partial charge in [0, 0.05) is 24.3 Å². The molecule has 1 aliphatic carbocycles. The second-order valence-electron chi connectivity index (χ2n) is 5.69. The van der Waals surface area contributed by atoms with E-state index in [2.05, 4.69) is 20.3 Å². The third-order valence-electron chi connectivity index (χ3n) is 3.77. The topological polar surface area (TPSA) is 67.8 Å². The van der Waals surface area contributed by atoms with Crippen molar-refractivity contribution in [3.05, 3.63) is 33.2 Å². The van der Waals surface area contributed by atoms with Gasteiger partial charge in [-0.15, -0.1) is 23.1 Å². The molecule has 1 fully saturated rings. The van der Waals surface area contributed by atoms with Crippen LogP contribution in [-0.4, -0.2) is 33.7 Å². The molecule has 1 N–H and O–H groups in total. The van der Waals surface area contributed by atoms with E-state index in [1.807, 2.05) is 25.5 Å². The molecular formula is C16H20N4OS2. The lowest BCUT2D eigenvalue weighted by molar-refractivity contribution is 0.0949. The molecule has 1 saturated carbocycles. The number of aromatic nitrogens is 3. The van der Waals surface area contributed by atoms with E-state index in [0.29, 0.717) is 18.0 Å². The van der Waals surface area contributed by atoms with Gasteiger partial charge in [0.25, 0.3) is 5.91 Å². The van der Waals surface area contributed by atoms with Gasteiger partial charge in [0.05, 0.1) is 22.0 Å². The Morgan fingerprint density at radius 1 is 1.35 bits per heavy atom. The Kier molecular flexibility index (Phi) is 4.96. The highest BCUT2D eigenvalue weighted by atomic mass is 32.2. The van der Waals surface area contributed by atoms with Crippen molar-refractivity contribution in [2.75, 3.05) is 12.8 Å². The first-order valence-electron chi connectivity index (χ1n) is 7.70. The average Bonchev–Trinajstić information content (AvgIpc) is 3.29. The number of hydrogen-bond donors (Lipinski definition) is 1. The second-order valence-corrected chi connectivity index (χ2v) is 7.55. The number of nitrogens with zero attached hydrogens (tertiary/aromatic N) is 3. The number of aryl methyl sites for hydroxylation is 2. The Morgan fingerprint density at radius 3 is 2.74 bits per heavy atom. The summed E-state index contributed by atoms with van der Waals surface area (Å²) in [4.78, 5) is 26.0. The van der Waals surface area contributed by atoms with Crippen molar-refractivity contribution in [3.63, 3.8) is 0 Å². The third kappa shape index (κ3) is 3.90. The molecule has 0 unspecified atom stereocenters. The summed E-state index contributed by atoms with van der Waals surface area (Å²) < 4.78 is 0. The van der Waals surface area contributed by atoms with Crippen molar-refractivity contribution in [3.8, 4) is 0 Å². The number of thiazole rings is 1. The summed E-state index contributed by atoms with van der Waals surface area (Å²) >= 11 is 3.14. The second kappa shape index (κ2) is 6.97. The first kappa shape index (κ1) is 16.4. The van der Waals surface area contributed by atoms with Crippen LogP contribution in [0.5, 0.6) is 0 Å². The molecule has 5 nitrogen and oxygen atoms in total. The quantitative estimate of drug-likeness (QED) is 0.642. The summed E-state index contributed by atoms with van der Waals surface area (Å²) in [6.07, 6.45) is 5.01. The van der Waals surface area contributed by atoms with E-state index >= 15 is 0 Å². The molecule has 0 bridgehead atoms. The fourth-order valence-corrected chi connectivity index (χ4v) is 3.69. The molecule has 0 saturated heterocycles. The maximum Gasteiger partial charge on any atom is 0.255 e. The Bertz CT molecular complexity index is 725. The molecule has 0 spiro atoms. The highest BCUT2D eigenvalue weighted by Crippen LogP contribution is 2.39. The van der Waals surface area contributed by atoms with Gasteiger partial charge in [-0.3, -0.25) is 4.79 Å². The maximum absolute atomic E-state index is 12.5. The molecule has 1 amide bonds. The van der Waals surface area contributed by atoms with Crippen LogP contribution in [0.2, 0.25) is 0 Å². The normalized spacial score (nSPS) is 14.0. The zero-order chi connectivity index (χ0) is 16.4. The minimum absolute atomic E-state index is 0.0962. The van der Waals surface area contributed by atoms with E-state index in [1.54, 1.807) is 11.3 Å². The number of carbonyl (C=O) groups excluding carboxylic acids is 1. The minimum atomic E-state index is -0.0962. The zero-order valence-corrected chi connectivity index (χ0v) is 15.2.